The van der Waals surface area contributed by atoms with E-state index >= 15 is 0 Å². The molecule has 0 aliphatic carbocycles. The normalized spacial score (nSPS) is 21.7. The molecule has 3 saturated heterocycles. The summed E-state index contributed by atoms with van der Waals surface area (Å²) in [5.41, 5.74) is 1.01. The predicted molar refractivity (Wildman–Crippen MR) is 117 cm³/mol. The van der Waals surface area contributed by atoms with Crippen LogP contribution in [0.5, 0.6) is 0 Å². The van der Waals surface area contributed by atoms with Gasteiger partial charge in [-0.2, -0.15) is 0 Å². The molecule has 1 aromatic carbocycles. The Balaban J connectivity index is 1.34. The van der Waals surface area contributed by atoms with Gasteiger partial charge in [0.1, 0.15) is 5.54 Å². The summed E-state index contributed by atoms with van der Waals surface area (Å²) >= 11 is 0.859. The van der Waals surface area contributed by atoms with Gasteiger partial charge in [0.15, 0.2) is 0 Å². The van der Waals surface area contributed by atoms with Crippen LogP contribution in [-0.4, -0.2) is 52.3 Å². The molecule has 158 valence electrons. The number of nitrogens with one attached hydrogen (secondary N) is 2. The van der Waals surface area contributed by atoms with Crippen LogP contribution in [0.1, 0.15) is 18.5 Å². The highest BCUT2D eigenvalue weighted by atomic mass is 32.2. The number of amides is 3. The topological polar surface area (TPSA) is 108 Å². The first-order valence-electron chi connectivity index (χ1n) is 9.99. The molecule has 3 fully saturated rings. The second-order valence-corrected chi connectivity index (χ2v) is 8.59. The minimum absolute atomic E-state index is 0.0596. The van der Waals surface area contributed by atoms with Crippen LogP contribution in [0, 0.1) is 0 Å². The van der Waals surface area contributed by atoms with Crippen LogP contribution in [0.3, 0.4) is 0 Å². The molecule has 2 N–H and O–H groups in total. The number of rotatable bonds is 3. The van der Waals surface area contributed by atoms with Crippen molar-refractivity contribution in [2.75, 3.05) is 29.6 Å². The Morgan fingerprint density at radius 3 is 2.55 bits per heavy atom. The predicted octanol–water partition coefficient (Wildman–Crippen LogP) is 1.73. The van der Waals surface area contributed by atoms with Crippen molar-refractivity contribution in [2.45, 2.75) is 18.4 Å². The molecule has 4 heterocycles. The number of para-hydroxylation sites is 1. The van der Waals surface area contributed by atoms with Gasteiger partial charge in [-0.3, -0.25) is 19.7 Å². The van der Waals surface area contributed by atoms with Crippen LogP contribution in [0.15, 0.2) is 47.5 Å². The summed E-state index contributed by atoms with van der Waals surface area (Å²) in [6.45, 7) is 1.76. The van der Waals surface area contributed by atoms with Crippen molar-refractivity contribution in [2.24, 2.45) is 0 Å². The molecule has 9 nitrogen and oxygen atoms in total. The first kappa shape index (κ1) is 19.6. The van der Waals surface area contributed by atoms with Gasteiger partial charge in [-0.1, -0.05) is 18.2 Å². The second-order valence-electron chi connectivity index (χ2n) is 7.58. The molecule has 0 atom stereocenters. The number of thioether (sulfide) groups is 1. The number of piperidine rings is 1. The molecule has 1 aromatic heterocycles. The van der Waals surface area contributed by atoms with Crippen molar-refractivity contribution < 1.29 is 14.4 Å². The summed E-state index contributed by atoms with van der Waals surface area (Å²) in [5.74, 6) is 0.191. The van der Waals surface area contributed by atoms with Gasteiger partial charge in [0, 0.05) is 25.0 Å². The lowest BCUT2D eigenvalue weighted by atomic mass is 9.85. The number of hydrogen-bond acceptors (Lipinski definition) is 8. The molecule has 10 heteroatoms. The summed E-state index contributed by atoms with van der Waals surface area (Å²) in [6, 6.07) is 11.7. The Morgan fingerprint density at radius 2 is 1.84 bits per heavy atom. The van der Waals surface area contributed by atoms with E-state index in [0.717, 1.165) is 17.4 Å². The third-order valence-electron chi connectivity index (χ3n) is 5.86. The number of nitrogens with zero attached hydrogens (tertiary/aromatic N) is 4. The number of benzene rings is 1. The number of anilines is 2. The molecule has 3 amide bonds. The molecule has 3 aliphatic heterocycles. The highest BCUT2D eigenvalue weighted by Gasteiger charge is 2.50. The molecule has 31 heavy (non-hydrogen) atoms. The third kappa shape index (κ3) is 3.52. The van der Waals surface area contributed by atoms with Gasteiger partial charge in [-0.25, -0.2) is 9.97 Å². The Morgan fingerprint density at radius 1 is 1.06 bits per heavy atom. The summed E-state index contributed by atoms with van der Waals surface area (Å²) in [4.78, 5) is 49.4. The van der Waals surface area contributed by atoms with Gasteiger partial charge in [0.2, 0.25) is 11.9 Å². The highest BCUT2D eigenvalue weighted by molar-refractivity contribution is 8.18. The summed E-state index contributed by atoms with van der Waals surface area (Å²) in [7, 11) is 0. The average molecular weight is 436 g/mol. The van der Waals surface area contributed by atoms with Gasteiger partial charge in [0.05, 0.1) is 17.3 Å². The van der Waals surface area contributed by atoms with Crippen molar-refractivity contribution in [3.05, 3.63) is 53.2 Å². The molecule has 0 unspecified atom stereocenters. The van der Waals surface area contributed by atoms with Gasteiger partial charge in [-0.05, 0) is 48.9 Å². The van der Waals surface area contributed by atoms with Gasteiger partial charge < -0.3 is 15.1 Å². The van der Waals surface area contributed by atoms with E-state index < -0.39 is 11.4 Å². The number of imide groups is 1. The fourth-order valence-corrected chi connectivity index (χ4v) is 4.93. The molecule has 1 spiro atoms. The maximum atomic E-state index is 12.8. The smallest absolute Gasteiger partial charge is 0.290 e. The van der Waals surface area contributed by atoms with E-state index in [0.29, 0.717) is 49.1 Å². The van der Waals surface area contributed by atoms with Gasteiger partial charge in [0.25, 0.3) is 11.1 Å². The summed E-state index contributed by atoms with van der Waals surface area (Å²) in [6.07, 6.45) is 4.52. The lowest BCUT2D eigenvalue weighted by Gasteiger charge is -2.43. The van der Waals surface area contributed by atoms with E-state index in [1.54, 1.807) is 18.3 Å². The van der Waals surface area contributed by atoms with E-state index in [1.807, 2.05) is 30.3 Å². The Kier molecular flexibility index (Phi) is 4.85. The molecule has 5 rings (SSSR count). The van der Waals surface area contributed by atoms with Crippen molar-refractivity contribution in [3.63, 3.8) is 0 Å². The first-order chi connectivity index (χ1) is 15.0. The number of carbonyl (C=O) groups excluding carboxylic acids is 3. The van der Waals surface area contributed by atoms with E-state index in [4.69, 9.17) is 0 Å². The van der Waals surface area contributed by atoms with E-state index in [-0.39, 0.29) is 11.1 Å². The molecular formula is C21H20N6O3S. The minimum Gasteiger partial charge on any atom is -0.341 e. The van der Waals surface area contributed by atoms with E-state index in [1.165, 1.54) is 0 Å². The Bertz CT molecular complexity index is 1080. The monoisotopic (exact) mass is 436 g/mol. The first-order valence-corrected chi connectivity index (χ1v) is 10.8. The maximum Gasteiger partial charge on any atom is 0.290 e. The lowest BCUT2D eigenvalue weighted by molar-refractivity contribution is -0.124. The molecule has 0 radical (unpaired) electrons. The Hall–Kier alpha value is -3.40. The highest BCUT2D eigenvalue weighted by Crippen LogP contribution is 2.36. The zero-order chi connectivity index (χ0) is 21.4. The maximum absolute atomic E-state index is 12.8. The van der Waals surface area contributed by atoms with Crippen molar-refractivity contribution in [1.82, 2.24) is 20.6 Å². The Labute approximate surface area is 182 Å². The van der Waals surface area contributed by atoms with Gasteiger partial charge >= 0.3 is 0 Å². The minimum atomic E-state index is -0.573. The third-order valence-corrected chi connectivity index (χ3v) is 6.67. The molecule has 0 saturated carbocycles. The summed E-state index contributed by atoms with van der Waals surface area (Å²) in [5, 5.41) is 4.85. The van der Waals surface area contributed by atoms with Crippen LogP contribution < -0.4 is 20.4 Å². The summed E-state index contributed by atoms with van der Waals surface area (Å²) < 4.78 is 0. The zero-order valence-electron chi connectivity index (χ0n) is 16.6. The van der Waals surface area contributed by atoms with Crippen molar-refractivity contribution in [1.29, 1.82) is 0 Å². The van der Waals surface area contributed by atoms with E-state index in [9.17, 15) is 14.4 Å². The van der Waals surface area contributed by atoms with Crippen molar-refractivity contribution in [3.8, 4) is 0 Å². The number of hydrogen-bond donors (Lipinski definition) is 2. The largest absolute Gasteiger partial charge is 0.341 e. The number of carbonyl (C=O) groups is 3. The van der Waals surface area contributed by atoms with Gasteiger partial charge in [-0.15, -0.1) is 0 Å². The second kappa shape index (κ2) is 7.69. The van der Waals surface area contributed by atoms with Crippen LogP contribution in [-0.2, 0) is 9.59 Å². The standard InChI is InChI=1S/C21H20N6O3S/c28-17-16(31-20(30)25-17)12-14-6-9-22-19(24-14)26-10-7-21(8-11-26)18(29)23-13-27(21)15-4-2-1-3-5-15/h1-6,9,12H,7-8,10-11,13H2,(H,23,29)(H,25,28,30)/b16-12+. The molecular weight excluding hydrogens is 416 g/mol. The fraction of sp³-hybridized carbons (Fsp3) is 0.286. The molecule has 0 bridgehead atoms. The van der Waals surface area contributed by atoms with Crippen LogP contribution >= 0.6 is 11.8 Å². The quantitative estimate of drug-likeness (QED) is 0.701. The number of aromatic nitrogens is 2. The van der Waals surface area contributed by atoms with Crippen LogP contribution in [0.4, 0.5) is 16.4 Å². The van der Waals surface area contributed by atoms with E-state index in [2.05, 4.69) is 30.4 Å². The SMILES string of the molecule is O=C1NC(=O)/C(=C\c2ccnc(N3CCC4(CC3)C(=O)NCN4c3ccccc3)n2)S1. The van der Waals surface area contributed by atoms with Crippen molar-refractivity contribution >= 4 is 46.5 Å². The molecule has 2 aromatic rings. The zero-order valence-corrected chi connectivity index (χ0v) is 17.4. The molecule has 3 aliphatic rings. The average Bonchev–Trinajstić information content (AvgIpc) is 3.27. The van der Waals surface area contributed by atoms with Crippen LogP contribution in [0.25, 0.3) is 6.08 Å². The van der Waals surface area contributed by atoms with Crippen LogP contribution in [0.2, 0.25) is 0 Å². The fourth-order valence-electron chi connectivity index (χ4n) is 4.26. The lowest BCUT2D eigenvalue weighted by Crippen LogP contribution is -2.56.